The van der Waals surface area contributed by atoms with Crippen LogP contribution < -0.4 is 5.32 Å². The number of hydrogen-bond donors (Lipinski definition) is 1. The van der Waals surface area contributed by atoms with Gasteiger partial charge in [0.2, 0.25) is 5.95 Å². The molecule has 4 nitrogen and oxygen atoms in total. The predicted octanol–water partition coefficient (Wildman–Crippen LogP) is 2.09. The van der Waals surface area contributed by atoms with Crippen molar-refractivity contribution in [2.24, 2.45) is 0 Å². The van der Waals surface area contributed by atoms with Gasteiger partial charge in [-0.15, -0.1) is 0 Å². The van der Waals surface area contributed by atoms with E-state index >= 15 is 0 Å². The van der Waals surface area contributed by atoms with Crippen molar-refractivity contribution in [2.75, 3.05) is 12.0 Å². The number of imidazole rings is 1. The van der Waals surface area contributed by atoms with E-state index in [2.05, 4.69) is 51.8 Å². The molecule has 0 fully saturated rings. The molecular weight excluding hydrogens is 200 g/mol. The first-order valence-corrected chi connectivity index (χ1v) is 5.69. The van der Waals surface area contributed by atoms with Crippen LogP contribution >= 0.6 is 0 Å². The maximum absolute atomic E-state index is 4.57. The Kier molecular flexibility index (Phi) is 2.11. The van der Waals surface area contributed by atoms with E-state index in [1.54, 1.807) is 0 Å². The minimum Gasteiger partial charge on any atom is -0.343 e. The zero-order chi connectivity index (χ0) is 11.1. The summed E-state index contributed by atoms with van der Waals surface area (Å²) in [4.78, 5) is 6.95. The fourth-order valence-corrected chi connectivity index (χ4v) is 2.10. The second-order valence-electron chi connectivity index (χ2n) is 4.51. The summed E-state index contributed by atoms with van der Waals surface area (Å²) in [6.45, 7) is 6.22. The highest BCUT2D eigenvalue weighted by Gasteiger charge is 2.20. The summed E-state index contributed by atoms with van der Waals surface area (Å²) in [7, 11) is 0. The van der Waals surface area contributed by atoms with E-state index in [9.17, 15) is 0 Å². The van der Waals surface area contributed by atoms with Crippen LogP contribution in [-0.2, 0) is 6.67 Å². The molecule has 1 aliphatic rings. The molecule has 0 saturated heterocycles. The van der Waals surface area contributed by atoms with Gasteiger partial charge in [0, 0.05) is 6.04 Å². The molecule has 1 aliphatic heterocycles. The predicted molar refractivity (Wildman–Crippen MR) is 65.2 cm³/mol. The lowest BCUT2D eigenvalue weighted by Gasteiger charge is -2.32. The SMILES string of the molecule is CC(C)N1CNc2nc3ccccc3n2C1. The first-order chi connectivity index (χ1) is 7.75. The van der Waals surface area contributed by atoms with Gasteiger partial charge in [-0.3, -0.25) is 9.47 Å². The zero-order valence-corrected chi connectivity index (χ0v) is 9.64. The van der Waals surface area contributed by atoms with Crippen LogP contribution in [0.5, 0.6) is 0 Å². The summed E-state index contributed by atoms with van der Waals surface area (Å²) < 4.78 is 2.23. The average Bonchev–Trinajstić information content (AvgIpc) is 2.66. The lowest BCUT2D eigenvalue weighted by Crippen LogP contribution is -2.41. The van der Waals surface area contributed by atoms with E-state index < -0.39 is 0 Å². The summed E-state index contributed by atoms with van der Waals surface area (Å²) in [5.74, 6) is 0.984. The number of para-hydroxylation sites is 2. The number of fused-ring (bicyclic) bond motifs is 3. The molecule has 0 saturated carbocycles. The van der Waals surface area contributed by atoms with Crippen LogP contribution in [0.3, 0.4) is 0 Å². The molecule has 0 atom stereocenters. The molecule has 3 rings (SSSR count). The molecule has 1 aromatic carbocycles. The maximum Gasteiger partial charge on any atom is 0.206 e. The third kappa shape index (κ3) is 1.38. The zero-order valence-electron chi connectivity index (χ0n) is 9.64. The molecule has 2 aromatic rings. The quantitative estimate of drug-likeness (QED) is 0.792. The number of rotatable bonds is 1. The van der Waals surface area contributed by atoms with Crippen molar-refractivity contribution < 1.29 is 0 Å². The fraction of sp³-hybridized carbons (Fsp3) is 0.417. The molecule has 0 aliphatic carbocycles. The van der Waals surface area contributed by atoms with E-state index in [0.717, 1.165) is 24.8 Å². The molecule has 0 radical (unpaired) electrons. The Hall–Kier alpha value is -1.55. The van der Waals surface area contributed by atoms with Crippen molar-refractivity contribution >= 4 is 17.0 Å². The van der Waals surface area contributed by atoms with Crippen molar-refractivity contribution in [1.82, 2.24) is 14.5 Å². The third-order valence-electron chi connectivity index (χ3n) is 3.15. The summed E-state index contributed by atoms with van der Waals surface area (Å²) >= 11 is 0. The maximum atomic E-state index is 4.57. The van der Waals surface area contributed by atoms with Crippen LogP contribution in [0.25, 0.3) is 11.0 Å². The summed E-state index contributed by atoms with van der Waals surface area (Å²) in [5, 5.41) is 3.36. The van der Waals surface area contributed by atoms with E-state index in [1.165, 1.54) is 5.52 Å². The van der Waals surface area contributed by atoms with Gasteiger partial charge in [0.1, 0.15) is 0 Å². The van der Waals surface area contributed by atoms with Gasteiger partial charge >= 0.3 is 0 Å². The number of benzene rings is 1. The lowest BCUT2D eigenvalue weighted by atomic mass is 10.3. The van der Waals surface area contributed by atoms with Gasteiger partial charge in [-0.25, -0.2) is 4.98 Å². The minimum absolute atomic E-state index is 0.543. The largest absolute Gasteiger partial charge is 0.343 e. The second kappa shape index (κ2) is 3.49. The molecule has 0 amide bonds. The number of nitrogens with zero attached hydrogens (tertiary/aromatic N) is 3. The molecule has 2 heterocycles. The van der Waals surface area contributed by atoms with E-state index in [0.29, 0.717) is 6.04 Å². The van der Waals surface area contributed by atoms with Crippen LogP contribution in [0, 0.1) is 0 Å². The third-order valence-corrected chi connectivity index (χ3v) is 3.15. The monoisotopic (exact) mass is 216 g/mol. The fourth-order valence-electron chi connectivity index (χ4n) is 2.10. The van der Waals surface area contributed by atoms with Crippen molar-refractivity contribution in [1.29, 1.82) is 0 Å². The Bertz CT molecular complexity index is 515. The summed E-state index contributed by atoms with van der Waals surface area (Å²) in [6.07, 6.45) is 0. The molecule has 0 bridgehead atoms. The second-order valence-corrected chi connectivity index (χ2v) is 4.51. The molecule has 16 heavy (non-hydrogen) atoms. The van der Waals surface area contributed by atoms with Gasteiger partial charge in [0.05, 0.1) is 24.4 Å². The van der Waals surface area contributed by atoms with Gasteiger partial charge in [0.15, 0.2) is 0 Å². The Morgan fingerprint density at radius 1 is 1.31 bits per heavy atom. The van der Waals surface area contributed by atoms with Crippen LogP contribution in [0.15, 0.2) is 24.3 Å². The summed E-state index contributed by atoms with van der Waals surface area (Å²) in [5.41, 5.74) is 2.27. The number of hydrogen-bond acceptors (Lipinski definition) is 3. The highest BCUT2D eigenvalue weighted by molar-refractivity contribution is 5.78. The van der Waals surface area contributed by atoms with Gasteiger partial charge in [-0.05, 0) is 26.0 Å². The molecule has 1 N–H and O–H groups in total. The molecule has 84 valence electrons. The molecular formula is C12H16N4. The first kappa shape index (κ1) is 9.66. The smallest absolute Gasteiger partial charge is 0.206 e. The van der Waals surface area contributed by atoms with Gasteiger partial charge in [0.25, 0.3) is 0 Å². The molecule has 4 heteroatoms. The van der Waals surface area contributed by atoms with Gasteiger partial charge in [-0.2, -0.15) is 0 Å². The molecule has 0 spiro atoms. The first-order valence-electron chi connectivity index (χ1n) is 5.69. The Labute approximate surface area is 94.9 Å². The van der Waals surface area contributed by atoms with Gasteiger partial charge in [-0.1, -0.05) is 12.1 Å². The van der Waals surface area contributed by atoms with Crippen LogP contribution in [-0.4, -0.2) is 27.2 Å². The normalized spacial score (nSPS) is 16.4. The molecule has 0 unspecified atom stereocenters. The topological polar surface area (TPSA) is 33.1 Å². The lowest BCUT2D eigenvalue weighted by molar-refractivity contribution is 0.176. The Balaban J connectivity index is 2.08. The average molecular weight is 216 g/mol. The van der Waals surface area contributed by atoms with Crippen molar-refractivity contribution in [3.05, 3.63) is 24.3 Å². The van der Waals surface area contributed by atoms with Crippen molar-refractivity contribution in [3.8, 4) is 0 Å². The Morgan fingerprint density at radius 2 is 2.12 bits per heavy atom. The number of aromatic nitrogens is 2. The highest BCUT2D eigenvalue weighted by atomic mass is 15.4. The van der Waals surface area contributed by atoms with Crippen molar-refractivity contribution in [3.63, 3.8) is 0 Å². The minimum atomic E-state index is 0.543. The van der Waals surface area contributed by atoms with E-state index in [4.69, 9.17) is 0 Å². The summed E-state index contributed by atoms with van der Waals surface area (Å²) in [6, 6.07) is 8.81. The number of anilines is 1. The van der Waals surface area contributed by atoms with E-state index in [1.807, 2.05) is 6.07 Å². The van der Waals surface area contributed by atoms with Crippen LogP contribution in [0.4, 0.5) is 5.95 Å². The van der Waals surface area contributed by atoms with Gasteiger partial charge < -0.3 is 5.32 Å². The van der Waals surface area contributed by atoms with E-state index in [-0.39, 0.29) is 0 Å². The van der Waals surface area contributed by atoms with Crippen LogP contribution in [0.2, 0.25) is 0 Å². The Morgan fingerprint density at radius 3 is 2.94 bits per heavy atom. The van der Waals surface area contributed by atoms with Crippen molar-refractivity contribution in [2.45, 2.75) is 26.6 Å². The van der Waals surface area contributed by atoms with Crippen LogP contribution in [0.1, 0.15) is 13.8 Å². The highest BCUT2D eigenvalue weighted by Crippen LogP contribution is 2.23. The standard InChI is InChI=1S/C12H16N4/c1-9(2)15-7-13-12-14-10-5-3-4-6-11(10)16(12)8-15/h3-6,9H,7-8H2,1-2H3,(H,13,14). The molecule has 1 aromatic heterocycles. The number of nitrogens with one attached hydrogen (secondary N) is 1.